The molecule has 2 heterocycles. The average Bonchev–Trinajstić information content (AvgIpc) is 3.40. The fraction of sp³-hybridized carbons (Fsp3) is 0.231. The third kappa shape index (κ3) is 4.48. The van der Waals surface area contributed by atoms with Gasteiger partial charge in [-0.05, 0) is 79.2 Å². The summed E-state index contributed by atoms with van der Waals surface area (Å²) < 4.78 is 3.14. The molecule has 2 aliphatic rings. The molecule has 3 aromatic rings. The first-order chi connectivity index (χ1) is 15.7. The second-order valence-electron chi connectivity index (χ2n) is 8.09. The van der Waals surface area contributed by atoms with Crippen LogP contribution in [0.4, 0.5) is 5.69 Å². The summed E-state index contributed by atoms with van der Waals surface area (Å²) in [5.74, 6) is 0.0696. The summed E-state index contributed by atoms with van der Waals surface area (Å²) in [4.78, 5) is 21.1. The number of carbonyl (C=O) groups excluding carboxylic acids is 1. The topological polar surface area (TPSA) is 37.6 Å². The maximum absolute atomic E-state index is 13.6. The van der Waals surface area contributed by atoms with Gasteiger partial charge in [0.1, 0.15) is 0 Å². The van der Waals surface area contributed by atoms with Crippen LogP contribution in [-0.4, -0.2) is 26.6 Å². The van der Waals surface area contributed by atoms with Crippen molar-refractivity contribution in [1.29, 1.82) is 0 Å². The van der Waals surface area contributed by atoms with Gasteiger partial charge in [0.05, 0.1) is 10.6 Å². The Morgan fingerprint density at radius 3 is 2.44 bits per heavy atom. The second kappa shape index (κ2) is 9.51. The molecule has 4 nitrogen and oxygen atoms in total. The molecule has 5 rings (SSSR count). The van der Waals surface area contributed by atoms with Crippen LogP contribution < -0.4 is 0 Å². The number of carbonyl (C=O) groups is 1. The molecule has 1 amide bonds. The lowest BCUT2D eigenvalue weighted by molar-refractivity contribution is -0.124. The van der Waals surface area contributed by atoms with Crippen molar-refractivity contribution in [2.24, 2.45) is 4.99 Å². The van der Waals surface area contributed by atoms with Crippen molar-refractivity contribution in [3.05, 3.63) is 88.0 Å². The van der Waals surface area contributed by atoms with Gasteiger partial charge in [-0.15, -0.1) is 0 Å². The van der Waals surface area contributed by atoms with Gasteiger partial charge in [0.25, 0.3) is 5.91 Å². The second-order valence-corrected chi connectivity index (χ2v) is 10.0. The largest absolute Gasteiger partial charge is 0.317 e. The Morgan fingerprint density at radius 2 is 1.69 bits per heavy atom. The van der Waals surface area contributed by atoms with Crippen LogP contribution in [-0.2, 0) is 4.79 Å². The monoisotopic (exact) mass is 505 g/mol. The van der Waals surface area contributed by atoms with Gasteiger partial charge >= 0.3 is 0 Å². The van der Waals surface area contributed by atoms with Crippen LogP contribution in [0.5, 0.6) is 0 Å². The molecular formula is C26H24BrN3OS. The normalized spacial score (nSPS) is 19.9. The van der Waals surface area contributed by atoms with Crippen LogP contribution in [0, 0.1) is 0 Å². The van der Waals surface area contributed by atoms with Gasteiger partial charge < -0.3 is 4.57 Å². The molecular weight excluding hydrogens is 482 g/mol. The van der Waals surface area contributed by atoms with E-state index in [2.05, 4.69) is 32.6 Å². The molecule has 1 aliphatic heterocycles. The summed E-state index contributed by atoms with van der Waals surface area (Å²) in [6.45, 7) is 0. The summed E-state index contributed by atoms with van der Waals surface area (Å²) in [5.41, 5.74) is 2.92. The minimum absolute atomic E-state index is 0.0696. The number of rotatable bonds is 4. The number of hydrogen-bond acceptors (Lipinski definition) is 3. The average molecular weight is 506 g/mol. The van der Waals surface area contributed by atoms with E-state index in [0.29, 0.717) is 0 Å². The van der Waals surface area contributed by atoms with E-state index in [1.54, 1.807) is 0 Å². The standard InChI is InChI=1S/C26H24BrN3OS/c27-19-13-15-21(16-14-19)29-17-7-12-23(29)18-24-25(31)30(22-10-5-2-6-11-22)26(32-24)28-20-8-3-1-4-9-20/h1,3-4,7-9,12-18,22H,2,5-6,10-11H2/b24-18-,28-26?. The number of hydrogen-bond donors (Lipinski definition) is 0. The fourth-order valence-electron chi connectivity index (χ4n) is 4.32. The maximum Gasteiger partial charge on any atom is 0.267 e. The predicted molar refractivity (Wildman–Crippen MR) is 136 cm³/mol. The molecule has 2 fully saturated rings. The number of aromatic nitrogens is 1. The molecule has 0 spiro atoms. The number of thioether (sulfide) groups is 1. The number of para-hydroxylation sites is 1. The number of benzene rings is 2. The van der Waals surface area contributed by atoms with Crippen molar-refractivity contribution < 1.29 is 4.79 Å². The Kier molecular flexibility index (Phi) is 6.32. The number of nitrogens with zero attached hydrogens (tertiary/aromatic N) is 3. The Morgan fingerprint density at radius 1 is 0.938 bits per heavy atom. The molecule has 2 aromatic carbocycles. The van der Waals surface area contributed by atoms with E-state index in [0.717, 1.165) is 44.5 Å². The molecule has 162 valence electrons. The van der Waals surface area contributed by atoms with Crippen molar-refractivity contribution in [3.8, 4) is 5.69 Å². The highest BCUT2D eigenvalue weighted by molar-refractivity contribution is 9.10. The smallest absolute Gasteiger partial charge is 0.267 e. The van der Waals surface area contributed by atoms with Gasteiger partial charge in [-0.3, -0.25) is 9.69 Å². The summed E-state index contributed by atoms with van der Waals surface area (Å²) in [6, 6.07) is 22.4. The Balaban J connectivity index is 1.51. The first-order valence-corrected chi connectivity index (χ1v) is 12.6. The Hall–Kier alpha value is -2.57. The summed E-state index contributed by atoms with van der Waals surface area (Å²) >= 11 is 4.98. The quantitative estimate of drug-likeness (QED) is 0.352. The number of amidine groups is 1. The van der Waals surface area contributed by atoms with Crippen LogP contribution in [0.1, 0.15) is 37.8 Å². The Bertz CT molecular complexity index is 1160. The molecule has 0 N–H and O–H groups in total. The minimum Gasteiger partial charge on any atom is -0.317 e. The highest BCUT2D eigenvalue weighted by Gasteiger charge is 2.38. The zero-order valence-corrected chi connectivity index (χ0v) is 20.1. The molecule has 0 atom stereocenters. The Labute approximate surface area is 201 Å². The summed E-state index contributed by atoms with van der Waals surface area (Å²) in [5, 5.41) is 0.793. The van der Waals surface area contributed by atoms with Crippen molar-refractivity contribution in [1.82, 2.24) is 9.47 Å². The highest BCUT2D eigenvalue weighted by atomic mass is 79.9. The predicted octanol–water partition coefficient (Wildman–Crippen LogP) is 7.18. The summed E-state index contributed by atoms with van der Waals surface area (Å²) in [6.07, 6.45) is 9.70. The maximum atomic E-state index is 13.6. The van der Waals surface area contributed by atoms with Crippen molar-refractivity contribution >= 4 is 50.5 Å². The van der Waals surface area contributed by atoms with Crippen LogP contribution >= 0.6 is 27.7 Å². The lowest BCUT2D eigenvalue weighted by Crippen LogP contribution is -2.40. The van der Waals surface area contributed by atoms with Crippen molar-refractivity contribution in [3.63, 3.8) is 0 Å². The van der Waals surface area contributed by atoms with Gasteiger partial charge in [0.15, 0.2) is 5.17 Å². The summed E-state index contributed by atoms with van der Waals surface area (Å²) in [7, 11) is 0. The van der Waals surface area contributed by atoms with E-state index in [1.807, 2.05) is 71.8 Å². The van der Waals surface area contributed by atoms with E-state index < -0.39 is 0 Å². The highest BCUT2D eigenvalue weighted by Crippen LogP contribution is 2.38. The van der Waals surface area contributed by atoms with Crippen LogP contribution in [0.3, 0.4) is 0 Å². The molecule has 32 heavy (non-hydrogen) atoms. The van der Waals surface area contributed by atoms with Crippen molar-refractivity contribution in [2.75, 3.05) is 0 Å². The number of amides is 1. The third-order valence-corrected chi connectivity index (χ3v) is 7.43. The molecule has 0 bridgehead atoms. The molecule has 0 unspecified atom stereocenters. The molecule has 0 radical (unpaired) electrons. The minimum atomic E-state index is 0.0696. The molecule has 6 heteroatoms. The van der Waals surface area contributed by atoms with E-state index in [9.17, 15) is 4.79 Å². The van der Waals surface area contributed by atoms with E-state index in [-0.39, 0.29) is 11.9 Å². The number of halogens is 1. The SMILES string of the molecule is O=C1/C(=C/c2cccn2-c2ccc(Br)cc2)SC(=Nc2ccccc2)N1C1CCCCC1. The van der Waals surface area contributed by atoms with Crippen LogP contribution in [0.15, 0.2) is 87.3 Å². The van der Waals surface area contributed by atoms with Crippen LogP contribution in [0.25, 0.3) is 11.8 Å². The lowest BCUT2D eigenvalue weighted by Gasteiger charge is -2.30. The van der Waals surface area contributed by atoms with E-state index >= 15 is 0 Å². The first-order valence-electron chi connectivity index (χ1n) is 11.0. The molecule has 1 aromatic heterocycles. The first kappa shape index (κ1) is 21.3. The fourth-order valence-corrected chi connectivity index (χ4v) is 5.63. The zero-order valence-electron chi connectivity index (χ0n) is 17.7. The molecule has 1 aliphatic carbocycles. The van der Waals surface area contributed by atoms with E-state index in [1.165, 1.54) is 31.0 Å². The molecule has 1 saturated carbocycles. The van der Waals surface area contributed by atoms with Gasteiger partial charge in [-0.2, -0.15) is 0 Å². The van der Waals surface area contributed by atoms with Gasteiger partial charge in [-0.1, -0.05) is 53.4 Å². The van der Waals surface area contributed by atoms with Crippen molar-refractivity contribution in [2.45, 2.75) is 38.1 Å². The number of aliphatic imine (C=N–C) groups is 1. The van der Waals surface area contributed by atoms with Gasteiger partial charge in [0.2, 0.25) is 0 Å². The third-order valence-electron chi connectivity index (χ3n) is 5.92. The van der Waals surface area contributed by atoms with Gasteiger partial charge in [0, 0.05) is 28.1 Å². The molecule has 1 saturated heterocycles. The van der Waals surface area contributed by atoms with E-state index in [4.69, 9.17) is 4.99 Å². The van der Waals surface area contributed by atoms with Gasteiger partial charge in [-0.25, -0.2) is 4.99 Å². The van der Waals surface area contributed by atoms with Crippen LogP contribution in [0.2, 0.25) is 0 Å². The lowest BCUT2D eigenvalue weighted by atomic mass is 9.94. The zero-order chi connectivity index (χ0) is 21.9.